The Kier molecular flexibility index (Phi) is 4.20. The second kappa shape index (κ2) is 5.87. The lowest BCUT2D eigenvalue weighted by Gasteiger charge is -2.26. The third kappa shape index (κ3) is 3.47. The first-order valence-electron chi connectivity index (χ1n) is 6.46. The average molecular weight is 248 g/mol. The highest BCUT2D eigenvalue weighted by molar-refractivity contribution is 5.80. The molecule has 1 aromatic rings. The van der Waals surface area contributed by atoms with E-state index in [2.05, 4.69) is 5.32 Å². The van der Waals surface area contributed by atoms with Gasteiger partial charge in [0.25, 0.3) is 0 Å². The topological polar surface area (TPSA) is 75.4 Å². The molecule has 2 rings (SSSR count). The summed E-state index contributed by atoms with van der Waals surface area (Å²) in [5.74, 6) is 0.00860. The number of hydrogen-bond acceptors (Lipinski definition) is 3. The number of hydrogen-bond donors (Lipinski definition) is 3. The van der Waals surface area contributed by atoms with E-state index in [0.29, 0.717) is 12.1 Å². The molecule has 0 atom stereocenters. The Labute approximate surface area is 107 Å². The van der Waals surface area contributed by atoms with Gasteiger partial charge < -0.3 is 16.2 Å². The van der Waals surface area contributed by atoms with Crippen LogP contribution in [0.2, 0.25) is 0 Å². The average Bonchev–Trinajstić information content (AvgIpc) is 2.35. The molecule has 1 aliphatic rings. The molecule has 1 aliphatic carbocycles. The lowest BCUT2D eigenvalue weighted by molar-refractivity contribution is -0.121. The van der Waals surface area contributed by atoms with Crippen molar-refractivity contribution in [2.45, 2.75) is 44.2 Å². The maximum absolute atomic E-state index is 11.9. The molecule has 0 heterocycles. The fourth-order valence-electron chi connectivity index (χ4n) is 2.37. The van der Waals surface area contributed by atoms with Crippen LogP contribution in [0.4, 0.5) is 5.69 Å². The van der Waals surface area contributed by atoms with Crippen LogP contribution < -0.4 is 11.1 Å². The summed E-state index contributed by atoms with van der Waals surface area (Å²) in [6.45, 7) is 0. The molecule has 0 spiro atoms. The van der Waals surface area contributed by atoms with Gasteiger partial charge in [-0.3, -0.25) is 4.79 Å². The first kappa shape index (κ1) is 12.9. The second-order valence-corrected chi connectivity index (χ2v) is 4.95. The van der Waals surface area contributed by atoms with Crippen molar-refractivity contribution in [2.24, 2.45) is 0 Å². The highest BCUT2D eigenvalue weighted by Gasteiger charge is 2.20. The molecule has 4 nitrogen and oxygen atoms in total. The van der Waals surface area contributed by atoms with Crippen LogP contribution in [-0.2, 0) is 11.2 Å². The second-order valence-electron chi connectivity index (χ2n) is 4.95. The maximum atomic E-state index is 11.9. The number of carbonyl (C=O) groups excluding carboxylic acids is 1. The van der Waals surface area contributed by atoms with Crippen molar-refractivity contribution in [3.05, 3.63) is 29.8 Å². The van der Waals surface area contributed by atoms with Gasteiger partial charge in [0.1, 0.15) is 0 Å². The molecule has 0 radical (unpaired) electrons. The van der Waals surface area contributed by atoms with E-state index >= 15 is 0 Å². The van der Waals surface area contributed by atoms with Gasteiger partial charge in [-0.15, -0.1) is 0 Å². The van der Waals surface area contributed by atoms with Crippen molar-refractivity contribution in [3.63, 3.8) is 0 Å². The number of aliphatic hydroxyl groups excluding tert-OH is 1. The number of carbonyl (C=O) groups is 1. The van der Waals surface area contributed by atoms with E-state index < -0.39 is 0 Å². The van der Waals surface area contributed by atoms with Crippen LogP contribution in [0.15, 0.2) is 24.3 Å². The van der Waals surface area contributed by atoms with Gasteiger partial charge >= 0.3 is 0 Å². The quantitative estimate of drug-likeness (QED) is 0.704. The van der Waals surface area contributed by atoms with E-state index in [4.69, 9.17) is 5.73 Å². The third-order valence-electron chi connectivity index (χ3n) is 3.47. The zero-order chi connectivity index (χ0) is 13.0. The predicted octanol–water partition coefficient (Wildman–Crippen LogP) is 1.23. The minimum absolute atomic E-state index is 0.00860. The molecule has 98 valence electrons. The fourth-order valence-corrected chi connectivity index (χ4v) is 2.37. The largest absolute Gasteiger partial charge is 0.398 e. The van der Waals surface area contributed by atoms with E-state index in [1.165, 1.54) is 0 Å². The summed E-state index contributed by atoms with van der Waals surface area (Å²) in [5.41, 5.74) is 7.33. The summed E-state index contributed by atoms with van der Waals surface area (Å²) >= 11 is 0. The summed E-state index contributed by atoms with van der Waals surface area (Å²) < 4.78 is 0. The van der Waals surface area contributed by atoms with Gasteiger partial charge in [-0.05, 0) is 37.3 Å². The van der Waals surface area contributed by atoms with Crippen LogP contribution >= 0.6 is 0 Å². The SMILES string of the molecule is Nc1ccccc1CC(=O)NC1CCC(O)CC1. The first-order chi connectivity index (χ1) is 8.65. The first-order valence-corrected chi connectivity index (χ1v) is 6.46. The number of anilines is 1. The smallest absolute Gasteiger partial charge is 0.224 e. The van der Waals surface area contributed by atoms with Crippen LogP contribution in [0.1, 0.15) is 31.2 Å². The van der Waals surface area contributed by atoms with Crippen LogP contribution in [0.5, 0.6) is 0 Å². The van der Waals surface area contributed by atoms with Crippen molar-refractivity contribution in [1.29, 1.82) is 0 Å². The minimum Gasteiger partial charge on any atom is -0.398 e. The van der Waals surface area contributed by atoms with Crippen molar-refractivity contribution in [2.75, 3.05) is 5.73 Å². The molecule has 0 unspecified atom stereocenters. The lowest BCUT2D eigenvalue weighted by atomic mass is 9.93. The van der Waals surface area contributed by atoms with Crippen LogP contribution in [0.25, 0.3) is 0 Å². The molecule has 1 aromatic carbocycles. The van der Waals surface area contributed by atoms with Crippen molar-refractivity contribution >= 4 is 11.6 Å². The fraction of sp³-hybridized carbons (Fsp3) is 0.500. The van der Waals surface area contributed by atoms with E-state index in [0.717, 1.165) is 31.2 Å². The molecular weight excluding hydrogens is 228 g/mol. The molecule has 0 bridgehead atoms. The summed E-state index contributed by atoms with van der Waals surface area (Å²) in [6, 6.07) is 7.62. The highest BCUT2D eigenvalue weighted by Crippen LogP contribution is 2.18. The number of benzene rings is 1. The number of nitrogens with one attached hydrogen (secondary N) is 1. The normalized spacial score (nSPS) is 23.6. The molecule has 1 fully saturated rings. The third-order valence-corrected chi connectivity index (χ3v) is 3.47. The van der Waals surface area contributed by atoms with Crippen LogP contribution in [-0.4, -0.2) is 23.2 Å². The van der Waals surface area contributed by atoms with Crippen molar-refractivity contribution in [1.82, 2.24) is 5.32 Å². The molecule has 0 saturated heterocycles. The number of amides is 1. The van der Waals surface area contributed by atoms with E-state index in [1.807, 2.05) is 18.2 Å². The predicted molar refractivity (Wildman–Crippen MR) is 71.0 cm³/mol. The van der Waals surface area contributed by atoms with Gasteiger partial charge in [-0.1, -0.05) is 18.2 Å². The van der Waals surface area contributed by atoms with Gasteiger partial charge in [0.05, 0.1) is 12.5 Å². The Morgan fingerprint density at radius 2 is 1.94 bits per heavy atom. The maximum Gasteiger partial charge on any atom is 0.224 e. The molecule has 4 N–H and O–H groups in total. The molecule has 18 heavy (non-hydrogen) atoms. The van der Waals surface area contributed by atoms with Gasteiger partial charge in [-0.25, -0.2) is 0 Å². The number of nitrogen functional groups attached to an aromatic ring is 1. The summed E-state index contributed by atoms with van der Waals surface area (Å²) in [4.78, 5) is 11.9. The Bertz CT molecular complexity index is 412. The zero-order valence-corrected chi connectivity index (χ0v) is 10.4. The Morgan fingerprint density at radius 3 is 2.61 bits per heavy atom. The van der Waals surface area contributed by atoms with E-state index in [-0.39, 0.29) is 18.1 Å². The van der Waals surface area contributed by atoms with Crippen molar-refractivity contribution in [3.8, 4) is 0 Å². The molecule has 1 amide bonds. The standard InChI is InChI=1S/C14H20N2O2/c15-13-4-2-1-3-10(13)9-14(18)16-11-5-7-12(17)8-6-11/h1-4,11-12,17H,5-9,15H2,(H,16,18). The van der Waals surface area contributed by atoms with Gasteiger partial charge in [0.15, 0.2) is 0 Å². The van der Waals surface area contributed by atoms with E-state index in [9.17, 15) is 9.90 Å². The number of para-hydroxylation sites is 1. The van der Waals surface area contributed by atoms with Gasteiger partial charge in [0.2, 0.25) is 5.91 Å². The van der Waals surface area contributed by atoms with Gasteiger partial charge in [0, 0.05) is 11.7 Å². The number of nitrogens with two attached hydrogens (primary N) is 1. The van der Waals surface area contributed by atoms with Gasteiger partial charge in [-0.2, -0.15) is 0 Å². The Morgan fingerprint density at radius 1 is 1.28 bits per heavy atom. The minimum atomic E-state index is -0.192. The Balaban J connectivity index is 1.84. The summed E-state index contributed by atoms with van der Waals surface area (Å²) in [5, 5.41) is 12.4. The number of rotatable bonds is 3. The molecule has 0 aromatic heterocycles. The highest BCUT2D eigenvalue weighted by atomic mass is 16.3. The van der Waals surface area contributed by atoms with Crippen LogP contribution in [0, 0.1) is 0 Å². The van der Waals surface area contributed by atoms with Crippen LogP contribution in [0.3, 0.4) is 0 Å². The monoisotopic (exact) mass is 248 g/mol. The zero-order valence-electron chi connectivity index (χ0n) is 10.4. The molecular formula is C14H20N2O2. The molecule has 1 saturated carbocycles. The van der Waals surface area contributed by atoms with E-state index in [1.54, 1.807) is 6.07 Å². The van der Waals surface area contributed by atoms with Crippen molar-refractivity contribution < 1.29 is 9.90 Å². The number of aliphatic hydroxyl groups is 1. The molecule has 4 heteroatoms. The Hall–Kier alpha value is -1.55. The lowest BCUT2D eigenvalue weighted by Crippen LogP contribution is -2.39. The summed E-state index contributed by atoms with van der Waals surface area (Å²) in [7, 11) is 0. The summed E-state index contributed by atoms with van der Waals surface area (Å²) in [6.07, 6.45) is 3.40. The molecule has 0 aliphatic heterocycles.